The molecule has 5 nitrogen and oxygen atoms in total. The summed E-state index contributed by atoms with van der Waals surface area (Å²) in [5.74, 6) is 0.290. The van der Waals surface area contributed by atoms with E-state index in [9.17, 15) is 10.1 Å². The Morgan fingerprint density at radius 2 is 2.05 bits per heavy atom. The Bertz CT molecular complexity index is 695. The number of rotatable bonds is 4. The molecule has 0 unspecified atom stereocenters. The molecule has 0 heterocycles. The molecular weight excluding hydrogens is 280 g/mol. The second kappa shape index (κ2) is 6.04. The molecule has 0 aliphatic heterocycles. The molecule has 0 aliphatic rings. The van der Waals surface area contributed by atoms with Crippen LogP contribution in [-0.2, 0) is 6.61 Å². The highest BCUT2D eigenvalue weighted by atomic mass is 35.5. The lowest BCUT2D eigenvalue weighted by Gasteiger charge is -2.08. The van der Waals surface area contributed by atoms with E-state index in [0.717, 1.165) is 5.56 Å². The quantitative estimate of drug-likeness (QED) is 0.635. The summed E-state index contributed by atoms with van der Waals surface area (Å²) in [5.41, 5.74) is 0.745. The summed E-state index contributed by atoms with van der Waals surface area (Å²) >= 11 is 6.00. The van der Waals surface area contributed by atoms with Crippen molar-refractivity contribution in [3.8, 4) is 11.8 Å². The van der Waals surface area contributed by atoms with Crippen LogP contribution in [0.3, 0.4) is 0 Å². The zero-order valence-corrected chi connectivity index (χ0v) is 11.0. The average Bonchev–Trinajstić information content (AvgIpc) is 2.46. The van der Waals surface area contributed by atoms with Crippen molar-refractivity contribution in [2.45, 2.75) is 6.61 Å². The number of ether oxygens (including phenoxy) is 1. The number of nitro groups is 1. The van der Waals surface area contributed by atoms with Crippen LogP contribution in [0.15, 0.2) is 42.5 Å². The molecular formula is C14H9ClN2O3. The molecule has 2 aromatic carbocycles. The summed E-state index contributed by atoms with van der Waals surface area (Å²) in [6, 6.07) is 12.9. The summed E-state index contributed by atoms with van der Waals surface area (Å²) in [4.78, 5) is 10.1. The Morgan fingerprint density at radius 3 is 2.70 bits per heavy atom. The summed E-state index contributed by atoms with van der Waals surface area (Å²) in [7, 11) is 0. The monoisotopic (exact) mass is 288 g/mol. The molecule has 2 rings (SSSR count). The van der Waals surface area contributed by atoms with E-state index in [1.807, 2.05) is 12.1 Å². The van der Waals surface area contributed by atoms with E-state index >= 15 is 0 Å². The molecule has 0 spiro atoms. The SMILES string of the molecule is N#Cc1cc([N+](=O)[O-])ccc1OCc1ccccc1Cl. The number of nitriles is 1. The fourth-order valence-corrected chi connectivity index (χ4v) is 1.81. The molecule has 0 N–H and O–H groups in total. The van der Waals surface area contributed by atoms with Crippen molar-refractivity contribution in [2.75, 3.05) is 0 Å². The Kier molecular flexibility index (Phi) is 4.18. The number of nitrogens with zero attached hydrogens (tertiary/aromatic N) is 2. The molecule has 100 valence electrons. The number of nitro benzene ring substituents is 1. The normalized spacial score (nSPS) is 9.80. The minimum Gasteiger partial charge on any atom is -0.487 e. The van der Waals surface area contributed by atoms with Gasteiger partial charge in [0.2, 0.25) is 0 Å². The lowest BCUT2D eigenvalue weighted by Crippen LogP contribution is -1.99. The highest BCUT2D eigenvalue weighted by Gasteiger charge is 2.12. The van der Waals surface area contributed by atoms with E-state index in [4.69, 9.17) is 21.6 Å². The molecule has 0 fully saturated rings. The van der Waals surface area contributed by atoms with E-state index in [0.29, 0.717) is 5.02 Å². The standard InChI is InChI=1S/C14H9ClN2O3/c15-13-4-2-1-3-10(13)9-20-14-6-5-12(17(18)19)7-11(14)8-16/h1-7H,9H2. The van der Waals surface area contributed by atoms with Gasteiger partial charge < -0.3 is 4.74 Å². The first kappa shape index (κ1) is 13.8. The van der Waals surface area contributed by atoms with Gasteiger partial charge in [-0.2, -0.15) is 5.26 Å². The number of hydrogen-bond donors (Lipinski definition) is 0. The summed E-state index contributed by atoms with van der Waals surface area (Å²) in [6.45, 7) is 0.187. The van der Waals surface area contributed by atoms with Gasteiger partial charge in [-0.1, -0.05) is 29.8 Å². The van der Waals surface area contributed by atoms with Crippen molar-refractivity contribution in [3.63, 3.8) is 0 Å². The maximum Gasteiger partial charge on any atom is 0.271 e. The van der Waals surface area contributed by atoms with E-state index < -0.39 is 4.92 Å². The van der Waals surface area contributed by atoms with E-state index in [2.05, 4.69) is 0 Å². The van der Waals surface area contributed by atoms with Gasteiger partial charge in [-0.3, -0.25) is 10.1 Å². The number of benzene rings is 2. The highest BCUT2D eigenvalue weighted by molar-refractivity contribution is 6.31. The van der Waals surface area contributed by atoms with Crippen molar-refractivity contribution < 1.29 is 9.66 Å². The zero-order valence-electron chi connectivity index (χ0n) is 10.2. The lowest BCUT2D eigenvalue weighted by atomic mass is 10.2. The van der Waals surface area contributed by atoms with E-state index in [-0.39, 0.29) is 23.6 Å². The van der Waals surface area contributed by atoms with Gasteiger partial charge in [0.25, 0.3) is 5.69 Å². The van der Waals surface area contributed by atoms with Crippen molar-refractivity contribution in [2.24, 2.45) is 0 Å². The molecule has 6 heteroatoms. The first-order valence-electron chi connectivity index (χ1n) is 5.66. The van der Waals surface area contributed by atoms with E-state index in [1.54, 1.807) is 18.2 Å². The van der Waals surface area contributed by atoms with Gasteiger partial charge >= 0.3 is 0 Å². The predicted molar refractivity (Wildman–Crippen MR) is 73.6 cm³/mol. The van der Waals surface area contributed by atoms with Crippen LogP contribution in [-0.4, -0.2) is 4.92 Å². The Balaban J connectivity index is 2.20. The summed E-state index contributed by atoms with van der Waals surface area (Å²) in [5, 5.41) is 20.2. The van der Waals surface area contributed by atoms with Crippen LogP contribution in [0.25, 0.3) is 0 Å². The molecule has 0 bridgehead atoms. The average molecular weight is 289 g/mol. The maximum atomic E-state index is 10.6. The van der Waals surface area contributed by atoms with Gasteiger partial charge in [0, 0.05) is 22.7 Å². The van der Waals surface area contributed by atoms with Crippen LogP contribution in [0, 0.1) is 21.4 Å². The van der Waals surface area contributed by atoms with Crippen LogP contribution in [0.1, 0.15) is 11.1 Å². The third kappa shape index (κ3) is 3.05. The molecule has 0 saturated carbocycles. The molecule has 0 atom stereocenters. The molecule has 0 aliphatic carbocycles. The molecule has 0 aromatic heterocycles. The summed E-state index contributed by atoms with van der Waals surface area (Å²) in [6.07, 6.45) is 0. The largest absolute Gasteiger partial charge is 0.487 e. The molecule has 0 radical (unpaired) electrons. The van der Waals surface area contributed by atoms with Gasteiger partial charge in [0.1, 0.15) is 24.0 Å². The fourth-order valence-electron chi connectivity index (χ4n) is 1.62. The van der Waals surface area contributed by atoms with Gasteiger partial charge in [0.05, 0.1) is 4.92 Å². The number of hydrogen-bond acceptors (Lipinski definition) is 4. The van der Waals surface area contributed by atoms with Crippen molar-refractivity contribution in [1.82, 2.24) is 0 Å². The number of non-ortho nitro benzene ring substituents is 1. The first-order chi connectivity index (χ1) is 9.61. The van der Waals surface area contributed by atoms with E-state index in [1.165, 1.54) is 18.2 Å². The van der Waals surface area contributed by atoms with Crippen molar-refractivity contribution >= 4 is 17.3 Å². The minimum atomic E-state index is -0.557. The third-order valence-electron chi connectivity index (χ3n) is 2.64. The van der Waals surface area contributed by atoms with Crippen LogP contribution < -0.4 is 4.74 Å². The van der Waals surface area contributed by atoms with Crippen LogP contribution in [0.4, 0.5) is 5.69 Å². The first-order valence-corrected chi connectivity index (χ1v) is 6.04. The molecule has 0 amide bonds. The molecule has 20 heavy (non-hydrogen) atoms. The van der Waals surface area contributed by atoms with Crippen molar-refractivity contribution in [1.29, 1.82) is 5.26 Å². The highest BCUT2D eigenvalue weighted by Crippen LogP contribution is 2.25. The molecule has 2 aromatic rings. The fraction of sp³-hybridized carbons (Fsp3) is 0.0714. The number of halogens is 1. The van der Waals surface area contributed by atoms with Gasteiger partial charge in [0.15, 0.2) is 0 Å². The zero-order chi connectivity index (χ0) is 14.5. The van der Waals surface area contributed by atoms with Crippen LogP contribution in [0.2, 0.25) is 5.02 Å². The second-order valence-electron chi connectivity index (χ2n) is 3.93. The minimum absolute atomic E-state index is 0.117. The van der Waals surface area contributed by atoms with Gasteiger partial charge in [-0.05, 0) is 12.1 Å². The Hall–Kier alpha value is -2.58. The third-order valence-corrected chi connectivity index (χ3v) is 3.00. The van der Waals surface area contributed by atoms with Gasteiger partial charge in [-0.25, -0.2) is 0 Å². The Labute approximate surface area is 120 Å². The van der Waals surface area contributed by atoms with Gasteiger partial charge in [-0.15, -0.1) is 0 Å². The topological polar surface area (TPSA) is 76.2 Å². The summed E-state index contributed by atoms with van der Waals surface area (Å²) < 4.78 is 5.50. The maximum absolute atomic E-state index is 10.6. The molecule has 0 saturated heterocycles. The smallest absolute Gasteiger partial charge is 0.271 e. The predicted octanol–water partition coefficient (Wildman–Crippen LogP) is 3.70. The van der Waals surface area contributed by atoms with Crippen molar-refractivity contribution in [3.05, 3.63) is 68.7 Å². The second-order valence-corrected chi connectivity index (χ2v) is 4.34. The van der Waals surface area contributed by atoms with Crippen LogP contribution >= 0.6 is 11.6 Å². The van der Waals surface area contributed by atoms with Crippen LogP contribution in [0.5, 0.6) is 5.75 Å². The Morgan fingerprint density at radius 1 is 1.30 bits per heavy atom. The lowest BCUT2D eigenvalue weighted by molar-refractivity contribution is -0.384.